The minimum atomic E-state index is -1.27. The Labute approximate surface area is 124 Å². The number of carbonyl (C=O) groups excluding carboxylic acids is 1. The highest BCUT2D eigenvalue weighted by Crippen LogP contribution is 2.34. The summed E-state index contributed by atoms with van der Waals surface area (Å²) in [5, 5.41) is 9.24. The van der Waals surface area contributed by atoms with Gasteiger partial charge in [-0.15, -0.1) is 0 Å². The Morgan fingerprint density at radius 2 is 2.14 bits per heavy atom. The summed E-state index contributed by atoms with van der Waals surface area (Å²) in [6.45, 7) is 5.35. The number of aliphatic carboxylic acids is 1. The van der Waals surface area contributed by atoms with Crippen LogP contribution < -0.4 is 0 Å². The van der Waals surface area contributed by atoms with E-state index in [2.05, 4.69) is 0 Å². The Kier molecular flexibility index (Phi) is 5.90. The van der Waals surface area contributed by atoms with E-state index in [0.29, 0.717) is 0 Å². The summed E-state index contributed by atoms with van der Waals surface area (Å²) < 4.78 is 10.7. The Morgan fingerprint density at radius 1 is 1.48 bits per heavy atom. The lowest BCUT2D eigenvalue weighted by Crippen LogP contribution is -2.32. The van der Waals surface area contributed by atoms with Crippen LogP contribution >= 0.6 is 0 Å². The number of allylic oxidation sites excluding steroid dienone is 3. The molecule has 21 heavy (non-hydrogen) atoms. The summed E-state index contributed by atoms with van der Waals surface area (Å²) in [5.41, 5.74) is -1.56. The molecule has 116 valence electrons. The van der Waals surface area contributed by atoms with Gasteiger partial charge in [-0.05, 0) is 26.3 Å². The molecule has 0 bridgehead atoms. The van der Waals surface area contributed by atoms with Crippen molar-refractivity contribution in [3.05, 3.63) is 35.6 Å². The summed E-state index contributed by atoms with van der Waals surface area (Å²) in [4.78, 5) is 23.7. The van der Waals surface area contributed by atoms with Gasteiger partial charge in [0.05, 0.1) is 6.10 Å². The van der Waals surface area contributed by atoms with Crippen molar-refractivity contribution in [1.82, 2.24) is 0 Å². The quantitative estimate of drug-likeness (QED) is 0.577. The monoisotopic (exact) mass is 294 g/mol. The topological polar surface area (TPSA) is 72.8 Å². The van der Waals surface area contributed by atoms with E-state index >= 15 is 0 Å². The molecule has 0 radical (unpaired) electrons. The van der Waals surface area contributed by atoms with E-state index < -0.39 is 17.4 Å². The average molecular weight is 294 g/mol. The molecule has 1 aliphatic heterocycles. The van der Waals surface area contributed by atoms with E-state index in [4.69, 9.17) is 9.47 Å². The smallest absolute Gasteiger partial charge is 0.342 e. The Hall–Kier alpha value is -1.88. The fraction of sp³-hybridized carbons (Fsp3) is 0.500. The van der Waals surface area contributed by atoms with Crippen molar-refractivity contribution < 1.29 is 24.2 Å². The van der Waals surface area contributed by atoms with Crippen LogP contribution in [0.3, 0.4) is 0 Å². The summed E-state index contributed by atoms with van der Waals surface area (Å²) in [6, 6.07) is 0. The van der Waals surface area contributed by atoms with Crippen molar-refractivity contribution in [2.75, 3.05) is 7.11 Å². The standard InChI is InChI=1S/C16H22O5/c1-5-6-7-8-9-16(3)14(17)13(15(18)19)12(21-16)10-11(2)20-4/h6-9,11H,5,10H2,1-4H3,(H,18,19)/b7-6+,9-8+/t11?,16-/m1/s1. The fourth-order valence-electron chi connectivity index (χ4n) is 2.00. The maximum absolute atomic E-state index is 12.3. The van der Waals surface area contributed by atoms with Gasteiger partial charge in [-0.3, -0.25) is 4.79 Å². The zero-order chi connectivity index (χ0) is 16.0. The van der Waals surface area contributed by atoms with Gasteiger partial charge in [0.2, 0.25) is 5.78 Å². The van der Waals surface area contributed by atoms with Crippen LogP contribution in [-0.2, 0) is 19.1 Å². The van der Waals surface area contributed by atoms with Gasteiger partial charge >= 0.3 is 5.97 Å². The first-order valence-electron chi connectivity index (χ1n) is 6.93. The Bertz CT molecular complexity index is 501. The van der Waals surface area contributed by atoms with Crippen LogP contribution in [0.1, 0.15) is 33.6 Å². The van der Waals surface area contributed by atoms with Crippen molar-refractivity contribution >= 4 is 11.8 Å². The lowest BCUT2D eigenvalue weighted by Gasteiger charge is -2.20. The van der Waals surface area contributed by atoms with Crippen LogP contribution in [0.2, 0.25) is 0 Å². The van der Waals surface area contributed by atoms with Crippen molar-refractivity contribution in [1.29, 1.82) is 0 Å². The molecule has 1 unspecified atom stereocenters. The number of carboxylic acid groups (broad SMARTS) is 1. The lowest BCUT2D eigenvalue weighted by molar-refractivity contribution is -0.135. The van der Waals surface area contributed by atoms with Gasteiger partial charge in [0.25, 0.3) is 0 Å². The third-order valence-electron chi connectivity index (χ3n) is 3.28. The van der Waals surface area contributed by atoms with E-state index in [1.807, 2.05) is 13.0 Å². The molecule has 1 heterocycles. The highest BCUT2D eigenvalue weighted by Gasteiger charge is 2.46. The number of rotatable bonds is 7. The molecule has 0 spiro atoms. The van der Waals surface area contributed by atoms with Gasteiger partial charge in [0.15, 0.2) is 5.60 Å². The van der Waals surface area contributed by atoms with Crippen LogP contribution in [0.25, 0.3) is 0 Å². The van der Waals surface area contributed by atoms with Crippen LogP contribution in [0, 0.1) is 0 Å². The molecule has 1 aliphatic rings. The number of hydrogen-bond donors (Lipinski definition) is 1. The molecule has 0 saturated heterocycles. The first-order valence-corrected chi connectivity index (χ1v) is 6.93. The SMILES string of the molecule is CC/C=C/C=C/[C@@]1(C)OC(CC(C)OC)=C(C(=O)O)C1=O. The molecule has 0 aromatic carbocycles. The van der Waals surface area contributed by atoms with Gasteiger partial charge in [0.1, 0.15) is 11.3 Å². The molecule has 2 atom stereocenters. The predicted molar refractivity (Wildman–Crippen MR) is 78.8 cm³/mol. The molecule has 5 nitrogen and oxygen atoms in total. The highest BCUT2D eigenvalue weighted by molar-refractivity contribution is 6.22. The molecule has 0 amide bonds. The Balaban J connectivity index is 3.02. The maximum atomic E-state index is 12.3. The zero-order valence-electron chi connectivity index (χ0n) is 12.9. The third-order valence-corrected chi connectivity index (χ3v) is 3.28. The summed E-state index contributed by atoms with van der Waals surface area (Å²) >= 11 is 0. The maximum Gasteiger partial charge on any atom is 0.342 e. The number of ketones is 1. The van der Waals surface area contributed by atoms with Crippen LogP contribution in [-0.4, -0.2) is 35.7 Å². The molecule has 1 N–H and O–H groups in total. The van der Waals surface area contributed by atoms with Gasteiger partial charge in [-0.2, -0.15) is 0 Å². The van der Waals surface area contributed by atoms with E-state index in [-0.39, 0.29) is 23.9 Å². The zero-order valence-corrected chi connectivity index (χ0v) is 12.9. The largest absolute Gasteiger partial charge is 0.478 e. The van der Waals surface area contributed by atoms with Gasteiger partial charge in [-0.1, -0.05) is 25.2 Å². The second kappa shape index (κ2) is 7.22. The van der Waals surface area contributed by atoms with Crippen LogP contribution in [0.15, 0.2) is 35.6 Å². The number of carboxylic acids is 1. The van der Waals surface area contributed by atoms with Crippen LogP contribution in [0.5, 0.6) is 0 Å². The Morgan fingerprint density at radius 3 is 2.67 bits per heavy atom. The number of methoxy groups -OCH3 is 1. The van der Waals surface area contributed by atoms with Crippen molar-refractivity contribution in [3.8, 4) is 0 Å². The van der Waals surface area contributed by atoms with E-state index in [9.17, 15) is 14.7 Å². The first kappa shape index (κ1) is 17.2. The first-order chi connectivity index (χ1) is 9.85. The van der Waals surface area contributed by atoms with Gasteiger partial charge in [0, 0.05) is 13.5 Å². The molecule has 0 fully saturated rings. The number of Topliss-reactive ketones (excluding diaryl/α,β-unsaturated/α-hetero) is 1. The minimum Gasteiger partial charge on any atom is -0.478 e. The summed E-state index contributed by atoms with van der Waals surface area (Å²) in [5.74, 6) is -1.62. The molecule has 1 rings (SSSR count). The van der Waals surface area contributed by atoms with E-state index in [1.54, 1.807) is 32.1 Å². The summed E-state index contributed by atoms with van der Waals surface area (Å²) in [6.07, 6.45) is 7.91. The van der Waals surface area contributed by atoms with Crippen molar-refractivity contribution in [3.63, 3.8) is 0 Å². The van der Waals surface area contributed by atoms with Crippen molar-refractivity contribution in [2.24, 2.45) is 0 Å². The molecule has 0 aliphatic carbocycles. The second-order valence-electron chi connectivity index (χ2n) is 5.09. The van der Waals surface area contributed by atoms with E-state index in [0.717, 1.165) is 6.42 Å². The molecular weight excluding hydrogens is 272 g/mol. The van der Waals surface area contributed by atoms with Gasteiger partial charge < -0.3 is 14.6 Å². The minimum absolute atomic E-state index is 0.175. The molecule has 0 aromatic rings. The van der Waals surface area contributed by atoms with E-state index in [1.165, 1.54) is 7.11 Å². The number of hydrogen-bond acceptors (Lipinski definition) is 4. The predicted octanol–water partition coefficient (Wildman–Crippen LogP) is 2.63. The second-order valence-corrected chi connectivity index (χ2v) is 5.09. The lowest BCUT2D eigenvalue weighted by atomic mass is 9.96. The third kappa shape index (κ3) is 4.04. The average Bonchev–Trinajstić information content (AvgIpc) is 2.66. The van der Waals surface area contributed by atoms with Crippen LogP contribution in [0.4, 0.5) is 0 Å². The fourth-order valence-corrected chi connectivity index (χ4v) is 2.00. The molecule has 0 saturated carbocycles. The normalized spacial score (nSPS) is 24.1. The highest BCUT2D eigenvalue weighted by atomic mass is 16.5. The van der Waals surface area contributed by atoms with Gasteiger partial charge in [-0.25, -0.2) is 4.79 Å². The molecular formula is C16H22O5. The van der Waals surface area contributed by atoms with Crippen molar-refractivity contribution in [2.45, 2.75) is 45.3 Å². The number of carbonyl (C=O) groups is 2. The summed E-state index contributed by atoms with van der Waals surface area (Å²) in [7, 11) is 1.52. The molecule has 0 aromatic heterocycles. The molecule has 5 heteroatoms. The number of ether oxygens (including phenoxy) is 2.